The number of carboxylic acids is 1. The van der Waals surface area contributed by atoms with Gasteiger partial charge in [-0.25, -0.2) is 4.79 Å². The van der Waals surface area contributed by atoms with Crippen LogP contribution >= 0.6 is 46.6 Å². The molecular weight excluding hydrogens is 581 g/mol. The lowest BCUT2D eigenvalue weighted by atomic mass is 10.0. The van der Waals surface area contributed by atoms with Crippen LogP contribution in [0.25, 0.3) is 0 Å². The van der Waals surface area contributed by atoms with Gasteiger partial charge in [-0.3, -0.25) is 19.3 Å². The van der Waals surface area contributed by atoms with Crippen LogP contribution in [-0.4, -0.2) is 84.9 Å². The van der Waals surface area contributed by atoms with E-state index in [0.29, 0.717) is 34.8 Å². The van der Waals surface area contributed by atoms with Crippen LogP contribution in [0.5, 0.6) is 0 Å². The number of hydrogen-bond acceptors (Lipinski definition) is 11. The average molecular weight is 609 g/mol. The number of carbonyl (C=O) groups is 4. The Morgan fingerprint density at radius 2 is 2.05 bits per heavy atom. The molecule has 4 rings (SSSR count). The van der Waals surface area contributed by atoms with Crippen molar-refractivity contribution in [3.8, 4) is 0 Å². The molecule has 0 radical (unpaired) electrons. The molecule has 0 saturated carbocycles. The van der Waals surface area contributed by atoms with Crippen LogP contribution in [0.15, 0.2) is 39.9 Å². The number of rotatable bonds is 12. The summed E-state index contributed by atoms with van der Waals surface area (Å²) in [6.07, 6.45) is 2.41. The van der Waals surface area contributed by atoms with Crippen LogP contribution in [0, 0.1) is 6.92 Å². The minimum Gasteiger partial charge on any atom is -0.477 e. The molecule has 0 bridgehead atoms. The zero-order chi connectivity index (χ0) is 28.1. The molecule has 3 atom stereocenters. The van der Waals surface area contributed by atoms with Gasteiger partial charge in [0.2, 0.25) is 11.8 Å². The molecular formula is C24H28N6O5S4. The molecule has 5 N–H and O–H groups in total. The molecule has 0 aliphatic carbocycles. The Bertz CT molecular complexity index is 1300. The van der Waals surface area contributed by atoms with Gasteiger partial charge in [0.25, 0.3) is 5.91 Å². The van der Waals surface area contributed by atoms with E-state index in [-0.39, 0.29) is 18.0 Å². The predicted molar refractivity (Wildman–Crippen MR) is 155 cm³/mol. The van der Waals surface area contributed by atoms with Crippen molar-refractivity contribution < 1.29 is 24.3 Å². The van der Waals surface area contributed by atoms with Crippen molar-refractivity contribution in [2.45, 2.75) is 41.6 Å². The number of β-lactam (4-membered cyclic amide) rings is 1. The summed E-state index contributed by atoms with van der Waals surface area (Å²) in [7, 11) is 0. The summed E-state index contributed by atoms with van der Waals surface area (Å²) in [5, 5.41) is 23.8. The molecule has 2 aromatic rings. The molecule has 1 unspecified atom stereocenters. The molecule has 2 aliphatic rings. The number of anilines is 1. The third-order valence-electron chi connectivity index (χ3n) is 6.04. The minimum absolute atomic E-state index is 0.0335. The largest absolute Gasteiger partial charge is 0.477 e. The molecule has 1 aromatic carbocycles. The molecule has 3 heterocycles. The predicted octanol–water partition coefficient (Wildman–Crippen LogP) is 1.94. The number of thioether (sulfide) groups is 3. The Morgan fingerprint density at radius 1 is 1.28 bits per heavy atom. The Hall–Kier alpha value is -2.59. The van der Waals surface area contributed by atoms with Crippen molar-refractivity contribution >= 4 is 76.0 Å². The van der Waals surface area contributed by atoms with E-state index in [1.54, 1.807) is 36.0 Å². The second-order valence-electron chi connectivity index (χ2n) is 8.80. The van der Waals surface area contributed by atoms with Gasteiger partial charge in [0.05, 0.1) is 12.5 Å². The van der Waals surface area contributed by atoms with Gasteiger partial charge in [-0.1, -0.05) is 41.3 Å². The van der Waals surface area contributed by atoms with Gasteiger partial charge >= 0.3 is 5.97 Å². The van der Waals surface area contributed by atoms with Crippen LogP contribution in [0.2, 0.25) is 0 Å². The first kappa shape index (κ1) is 29.4. The highest BCUT2D eigenvalue weighted by atomic mass is 32.2. The van der Waals surface area contributed by atoms with Crippen molar-refractivity contribution in [2.24, 2.45) is 5.73 Å². The van der Waals surface area contributed by atoms with Crippen LogP contribution in [0.3, 0.4) is 0 Å². The summed E-state index contributed by atoms with van der Waals surface area (Å²) < 4.78 is 0.732. The average Bonchev–Trinajstić information content (AvgIpc) is 3.34. The van der Waals surface area contributed by atoms with E-state index in [9.17, 15) is 24.3 Å². The van der Waals surface area contributed by atoms with Gasteiger partial charge < -0.3 is 21.5 Å². The molecule has 3 amide bonds. The lowest BCUT2D eigenvalue weighted by Gasteiger charge is -2.49. The van der Waals surface area contributed by atoms with Crippen LogP contribution < -0.4 is 16.4 Å². The molecule has 1 saturated heterocycles. The third kappa shape index (κ3) is 6.95. The minimum atomic E-state index is -1.18. The maximum atomic E-state index is 13.0. The monoisotopic (exact) mass is 608 g/mol. The van der Waals surface area contributed by atoms with E-state index in [1.165, 1.54) is 39.8 Å². The zero-order valence-corrected chi connectivity index (χ0v) is 24.5. The van der Waals surface area contributed by atoms with Gasteiger partial charge in [-0.15, -0.1) is 22.0 Å². The number of aliphatic carboxylic acids is 1. The van der Waals surface area contributed by atoms with E-state index in [0.717, 1.165) is 15.1 Å². The molecule has 0 spiro atoms. The highest BCUT2D eigenvalue weighted by Gasteiger charge is 2.54. The second kappa shape index (κ2) is 13.2. The van der Waals surface area contributed by atoms with Crippen LogP contribution in [0.1, 0.15) is 17.0 Å². The summed E-state index contributed by atoms with van der Waals surface area (Å²) in [6, 6.07) is 5.43. The lowest BCUT2D eigenvalue weighted by molar-refractivity contribution is -0.150. The standard InChI is InChI=1S/C24H28N6O5S4/c1-12-28-29-24(39-12)38-11-14-10-37-22-18(21(33)30(22)19(14)23(34)35)27-17(31)9-13-5-3-4-6-16(13)26-20(32)15(25)7-8-36-2/h3-6,15,18,22H,7-11,25H2,1-2H3,(H,26,32)(H,27,31)(H,34,35)/t15-,18?,22+/m0/s1. The van der Waals surface area contributed by atoms with Gasteiger partial charge in [-0.05, 0) is 42.6 Å². The first-order valence-corrected chi connectivity index (χ1v) is 16.2. The van der Waals surface area contributed by atoms with E-state index >= 15 is 0 Å². The van der Waals surface area contributed by atoms with Gasteiger partial charge in [0.1, 0.15) is 22.1 Å². The van der Waals surface area contributed by atoms with Crippen molar-refractivity contribution in [3.63, 3.8) is 0 Å². The van der Waals surface area contributed by atoms with Crippen molar-refractivity contribution in [2.75, 3.05) is 28.8 Å². The Balaban J connectivity index is 1.38. The molecule has 208 valence electrons. The second-order valence-corrected chi connectivity index (χ2v) is 13.3. The fourth-order valence-corrected chi connectivity index (χ4v) is 7.87. The van der Waals surface area contributed by atoms with E-state index < -0.39 is 35.2 Å². The number of nitrogens with two attached hydrogens (primary N) is 1. The quantitative estimate of drug-likeness (QED) is 0.205. The number of aromatic nitrogens is 2. The summed E-state index contributed by atoms with van der Waals surface area (Å²) >= 11 is 5.83. The number of carbonyl (C=O) groups excluding carboxylic acids is 3. The summed E-state index contributed by atoms with van der Waals surface area (Å²) in [4.78, 5) is 51.7. The number of benzene rings is 1. The van der Waals surface area contributed by atoms with E-state index in [4.69, 9.17) is 5.73 Å². The highest BCUT2D eigenvalue weighted by Crippen LogP contribution is 2.41. The number of para-hydroxylation sites is 1. The van der Waals surface area contributed by atoms with Gasteiger partial charge in [0.15, 0.2) is 4.34 Å². The van der Waals surface area contributed by atoms with Crippen LogP contribution in [-0.2, 0) is 25.6 Å². The molecule has 2 aliphatic heterocycles. The normalized spacial score (nSPS) is 19.3. The number of carboxylic acid groups (broad SMARTS) is 1. The van der Waals surface area contributed by atoms with Gasteiger partial charge in [-0.2, -0.15) is 11.8 Å². The summed E-state index contributed by atoms with van der Waals surface area (Å²) in [5.74, 6) is -0.832. The maximum Gasteiger partial charge on any atom is 0.352 e. The number of nitrogens with one attached hydrogen (secondary N) is 2. The Kier molecular flexibility index (Phi) is 9.93. The zero-order valence-electron chi connectivity index (χ0n) is 21.2. The molecule has 1 aromatic heterocycles. The molecule has 15 heteroatoms. The van der Waals surface area contributed by atoms with E-state index in [2.05, 4.69) is 20.8 Å². The molecule has 39 heavy (non-hydrogen) atoms. The number of nitrogens with zero attached hydrogens (tertiary/aromatic N) is 3. The van der Waals surface area contributed by atoms with E-state index in [1.807, 2.05) is 13.2 Å². The SMILES string of the molecule is CSCC[C@H](N)C(=O)Nc1ccccc1CC(=O)NC1C(=O)N2C(C(=O)O)=C(CSc3nnc(C)s3)CS[C@H]12. The Morgan fingerprint density at radius 3 is 2.74 bits per heavy atom. The van der Waals surface area contributed by atoms with Crippen LogP contribution in [0.4, 0.5) is 5.69 Å². The topological polar surface area (TPSA) is 168 Å². The fraction of sp³-hybridized carbons (Fsp3) is 0.417. The summed E-state index contributed by atoms with van der Waals surface area (Å²) in [6.45, 7) is 1.84. The third-order valence-corrected chi connectivity index (χ3v) is 10.1. The highest BCUT2D eigenvalue weighted by molar-refractivity contribution is 8.01. The van der Waals surface area contributed by atoms with Crippen molar-refractivity contribution in [1.29, 1.82) is 0 Å². The number of hydrogen-bond donors (Lipinski definition) is 4. The fourth-order valence-electron chi connectivity index (χ4n) is 4.08. The van der Waals surface area contributed by atoms with Crippen molar-refractivity contribution in [1.82, 2.24) is 20.4 Å². The lowest BCUT2D eigenvalue weighted by Crippen LogP contribution is -2.70. The molecule has 1 fully saturated rings. The number of amides is 3. The number of aryl methyl sites for hydroxylation is 1. The first-order valence-electron chi connectivity index (χ1n) is 11.9. The maximum absolute atomic E-state index is 13.0. The van der Waals surface area contributed by atoms with Crippen molar-refractivity contribution in [3.05, 3.63) is 46.1 Å². The molecule has 11 nitrogen and oxygen atoms in total. The first-order chi connectivity index (χ1) is 18.7. The Labute approximate surface area is 242 Å². The smallest absolute Gasteiger partial charge is 0.352 e. The summed E-state index contributed by atoms with van der Waals surface area (Å²) in [5.41, 5.74) is 7.62. The number of fused-ring (bicyclic) bond motifs is 1. The van der Waals surface area contributed by atoms with Gasteiger partial charge in [0, 0.05) is 17.2 Å².